The topological polar surface area (TPSA) is 3.24 Å². The zero-order valence-corrected chi connectivity index (χ0v) is 30.5. The summed E-state index contributed by atoms with van der Waals surface area (Å²) in [5.41, 5.74) is 16.2. The van der Waals surface area contributed by atoms with E-state index < -0.39 is 0 Å². The number of hydrogen-bond acceptors (Lipinski definition) is 1. The van der Waals surface area contributed by atoms with Crippen LogP contribution in [0.1, 0.15) is 25.0 Å². The van der Waals surface area contributed by atoms with Crippen molar-refractivity contribution in [3.8, 4) is 44.5 Å². The lowest BCUT2D eigenvalue weighted by Crippen LogP contribution is -2.14. The summed E-state index contributed by atoms with van der Waals surface area (Å²) in [6.45, 7) is 4.69. The van der Waals surface area contributed by atoms with Crippen LogP contribution >= 0.6 is 0 Å². The first kappa shape index (κ1) is 32.0. The maximum absolute atomic E-state index is 2.37. The summed E-state index contributed by atoms with van der Waals surface area (Å²) in [5.74, 6) is 0. The van der Waals surface area contributed by atoms with Gasteiger partial charge in [-0.25, -0.2) is 0 Å². The molecule has 0 saturated carbocycles. The Kier molecular flexibility index (Phi) is 7.56. The summed E-state index contributed by atoms with van der Waals surface area (Å²) in [4.78, 5) is 2.37. The standard InChI is InChI=1S/C53H39N/c1-53(2)50-19-8-7-16-49(50)52-48(18-10-20-51(52)53)41-28-32-44(33-29-41)54(45-34-27-36-11-3-4-13-42(36)35-45)43-30-25-38(26-31-43)37-21-23-40(24-22-37)47-17-9-14-39-12-5-6-15-46(39)47/h3-35H,1-2H3. The van der Waals surface area contributed by atoms with Gasteiger partial charge in [0.2, 0.25) is 0 Å². The zero-order valence-electron chi connectivity index (χ0n) is 30.5. The molecule has 256 valence electrons. The van der Waals surface area contributed by atoms with E-state index in [1.165, 1.54) is 77.2 Å². The number of fused-ring (bicyclic) bond motifs is 5. The van der Waals surface area contributed by atoms with Crippen LogP contribution in [0.2, 0.25) is 0 Å². The average molecular weight is 690 g/mol. The minimum atomic E-state index is -0.0280. The van der Waals surface area contributed by atoms with E-state index in [0.717, 1.165) is 17.1 Å². The lowest BCUT2D eigenvalue weighted by Gasteiger charge is -2.26. The third-order valence-corrected chi connectivity index (χ3v) is 11.5. The number of benzene rings is 9. The zero-order chi connectivity index (χ0) is 36.2. The van der Waals surface area contributed by atoms with Crippen LogP contribution < -0.4 is 4.90 Å². The summed E-state index contributed by atoms with van der Waals surface area (Å²) < 4.78 is 0. The largest absolute Gasteiger partial charge is 0.310 e. The highest BCUT2D eigenvalue weighted by Gasteiger charge is 2.36. The smallest absolute Gasteiger partial charge is 0.0468 e. The van der Waals surface area contributed by atoms with Gasteiger partial charge in [0.15, 0.2) is 0 Å². The van der Waals surface area contributed by atoms with Gasteiger partial charge in [-0.3, -0.25) is 0 Å². The van der Waals surface area contributed by atoms with Crippen LogP contribution in [0.5, 0.6) is 0 Å². The molecule has 9 aromatic carbocycles. The van der Waals surface area contributed by atoms with Crippen LogP contribution in [-0.4, -0.2) is 0 Å². The van der Waals surface area contributed by atoms with Crippen molar-refractivity contribution in [2.75, 3.05) is 4.90 Å². The molecule has 0 heterocycles. The molecule has 0 bridgehead atoms. The second kappa shape index (κ2) is 12.8. The van der Waals surface area contributed by atoms with Gasteiger partial charge in [-0.1, -0.05) is 178 Å². The van der Waals surface area contributed by atoms with E-state index in [9.17, 15) is 0 Å². The highest BCUT2D eigenvalue weighted by atomic mass is 15.1. The second-order valence-corrected chi connectivity index (χ2v) is 15.0. The van der Waals surface area contributed by atoms with Crippen LogP contribution in [0.15, 0.2) is 200 Å². The first-order valence-corrected chi connectivity index (χ1v) is 18.8. The molecule has 0 saturated heterocycles. The Morgan fingerprint density at radius 3 is 1.57 bits per heavy atom. The maximum Gasteiger partial charge on any atom is 0.0468 e. The van der Waals surface area contributed by atoms with Crippen molar-refractivity contribution >= 4 is 38.6 Å². The molecule has 1 heteroatoms. The highest BCUT2D eigenvalue weighted by Crippen LogP contribution is 2.52. The Morgan fingerprint density at radius 2 is 0.815 bits per heavy atom. The fraction of sp³-hybridized carbons (Fsp3) is 0.0566. The van der Waals surface area contributed by atoms with Gasteiger partial charge >= 0.3 is 0 Å². The Hall–Kier alpha value is -6.70. The minimum absolute atomic E-state index is 0.0280. The number of rotatable bonds is 6. The molecule has 10 rings (SSSR count). The van der Waals surface area contributed by atoms with E-state index in [1.807, 2.05) is 0 Å². The molecule has 0 fully saturated rings. The normalized spacial score (nSPS) is 12.8. The third kappa shape index (κ3) is 5.32. The molecule has 0 N–H and O–H groups in total. The molecule has 0 amide bonds. The molecular formula is C53H39N. The Balaban J connectivity index is 1.01. The van der Waals surface area contributed by atoms with E-state index in [2.05, 4.69) is 219 Å². The van der Waals surface area contributed by atoms with Crippen molar-refractivity contribution in [3.05, 3.63) is 211 Å². The number of nitrogens with zero attached hydrogens (tertiary/aromatic N) is 1. The van der Waals surface area contributed by atoms with Crippen molar-refractivity contribution in [1.29, 1.82) is 0 Å². The van der Waals surface area contributed by atoms with Gasteiger partial charge in [-0.15, -0.1) is 0 Å². The van der Waals surface area contributed by atoms with Gasteiger partial charge < -0.3 is 4.90 Å². The molecular weight excluding hydrogens is 651 g/mol. The summed E-state index contributed by atoms with van der Waals surface area (Å²) in [6, 6.07) is 73.3. The van der Waals surface area contributed by atoms with Gasteiger partial charge in [-0.2, -0.15) is 0 Å². The molecule has 1 aliphatic carbocycles. The average Bonchev–Trinajstić information content (AvgIpc) is 3.47. The summed E-state index contributed by atoms with van der Waals surface area (Å²) in [5, 5.41) is 5.00. The molecule has 0 unspecified atom stereocenters. The van der Waals surface area contributed by atoms with Crippen molar-refractivity contribution in [1.82, 2.24) is 0 Å². The first-order chi connectivity index (χ1) is 26.5. The van der Waals surface area contributed by atoms with Gasteiger partial charge in [0, 0.05) is 22.5 Å². The Labute approximate surface area is 317 Å². The molecule has 1 nitrogen and oxygen atoms in total. The monoisotopic (exact) mass is 689 g/mol. The second-order valence-electron chi connectivity index (χ2n) is 15.0. The Morgan fingerprint density at radius 1 is 0.333 bits per heavy atom. The highest BCUT2D eigenvalue weighted by molar-refractivity contribution is 5.97. The maximum atomic E-state index is 2.37. The fourth-order valence-electron chi connectivity index (χ4n) is 8.67. The molecule has 0 spiro atoms. The van der Waals surface area contributed by atoms with E-state index >= 15 is 0 Å². The summed E-state index contributed by atoms with van der Waals surface area (Å²) in [7, 11) is 0. The van der Waals surface area contributed by atoms with Crippen molar-refractivity contribution < 1.29 is 0 Å². The van der Waals surface area contributed by atoms with Crippen LogP contribution in [-0.2, 0) is 5.41 Å². The van der Waals surface area contributed by atoms with E-state index in [-0.39, 0.29) is 5.41 Å². The lowest BCUT2D eigenvalue weighted by molar-refractivity contribution is 0.660. The third-order valence-electron chi connectivity index (χ3n) is 11.5. The van der Waals surface area contributed by atoms with E-state index in [0.29, 0.717) is 0 Å². The molecule has 0 atom stereocenters. The van der Waals surface area contributed by atoms with Crippen LogP contribution in [0, 0.1) is 0 Å². The Bertz CT molecular complexity index is 2820. The van der Waals surface area contributed by atoms with Crippen LogP contribution in [0.25, 0.3) is 66.1 Å². The van der Waals surface area contributed by atoms with Crippen LogP contribution in [0.3, 0.4) is 0 Å². The molecule has 54 heavy (non-hydrogen) atoms. The van der Waals surface area contributed by atoms with E-state index in [1.54, 1.807) is 0 Å². The molecule has 0 aliphatic heterocycles. The number of anilines is 3. The van der Waals surface area contributed by atoms with Crippen LogP contribution in [0.4, 0.5) is 17.1 Å². The fourth-order valence-corrected chi connectivity index (χ4v) is 8.67. The summed E-state index contributed by atoms with van der Waals surface area (Å²) >= 11 is 0. The molecule has 9 aromatic rings. The summed E-state index contributed by atoms with van der Waals surface area (Å²) in [6.07, 6.45) is 0. The first-order valence-electron chi connectivity index (χ1n) is 18.8. The van der Waals surface area contributed by atoms with Gasteiger partial charge in [0.1, 0.15) is 0 Å². The minimum Gasteiger partial charge on any atom is -0.310 e. The predicted molar refractivity (Wildman–Crippen MR) is 230 cm³/mol. The SMILES string of the molecule is CC1(C)c2ccccc2-c2c(-c3ccc(N(c4ccc(-c5ccc(-c6cccc7ccccc67)cc5)cc4)c4ccc5ccccc5c4)cc3)cccc21. The van der Waals surface area contributed by atoms with E-state index in [4.69, 9.17) is 0 Å². The van der Waals surface area contributed by atoms with Crippen molar-refractivity contribution in [2.24, 2.45) is 0 Å². The lowest BCUT2D eigenvalue weighted by atomic mass is 9.82. The molecule has 0 aromatic heterocycles. The van der Waals surface area contributed by atoms with Gasteiger partial charge in [0.05, 0.1) is 0 Å². The number of hydrogen-bond donors (Lipinski definition) is 0. The predicted octanol–water partition coefficient (Wildman–Crippen LogP) is 14.8. The molecule has 0 radical (unpaired) electrons. The molecule has 1 aliphatic rings. The van der Waals surface area contributed by atoms with Crippen molar-refractivity contribution in [3.63, 3.8) is 0 Å². The quantitative estimate of drug-likeness (QED) is 0.168. The van der Waals surface area contributed by atoms with Gasteiger partial charge in [0.25, 0.3) is 0 Å². The van der Waals surface area contributed by atoms with Gasteiger partial charge in [-0.05, 0) is 114 Å². The van der Waals surface area contributed by atoms with Crippen molar-refractivity contribution in [2.45, 2.75) is 19.3 Å².